The fraction of sp³-hybridized carbons (Fsp3) is 0.0625. The lowest BCUT2D eigenvalue weighted by Crippen LogP contribution is -2.00. The summed E-state index contributed by atoms with van der Waals surface area (Å²) in [7, 11) is 0. The predicted molar refractivity (Wildman–Crippen MR) is 151 cm³/mol. The van der Waals surface area contributed by atoms with Gasteiger partial charge in [0.05, 0.1) is 25.5 Å². The Morgan fingerprint density at radius 1 is 0.447 bits per heavy atom. The Balaban J connectivity index is 1.05. The summed E-state index contributed by atoms with van der Waals surface area (Å²) in [6, 6.07) is 38.0. The lowest BCUT2D eigenvalue weighted by atomic mass is 10.1. The van der Waals surface area contributed by atoms with Gasteiger partial charge in [-0.1, -0.05) is 107 Å². The van der Waals surface area contributed by atoms with Crippen LogP contribution in [0.3, 0.4) is 0 Å². The van der Waals surface area contributed by atoms with Crippen molar-refractivity contribution in [2.75, 3.05) is 0 Å². The van der Waals surface area contributed by atoms with E-state index in [4.69, 9.17) is 0 Å². The van der Waals surface area contributed by atoms with Gasteiger partial charge in [-0.3, -0.25) is 0 Å². The van der Waals surface area contributed by atoms with Gasteiger partial charge in [-0.2, -0.15) is 0 Å². The molecule has 0 aliphatic carbocycles. The standard InChI is InChI=1S/C32H24N6/c1-3-7-29-17-23(9-11-25(29)5-1)19-37-21-31(33-35-37)27-13-15-28(16-14-27)32-22-38(36-34-32)20-24-10-12-26-6-2-4-8-30(26)18-24/h1-18,21-22H,19-20H2. The Morgan fingerprint density at radius 2 is 0.868 bits per heavy atom. The molecule has 182 valence electrons. The summed E-state index contributed by atoms with van der Waals surface area (Å²) < 4.78 is 3.76. The molecule has 5 aromatic carbocycles. The van der Waals surface area contributed by atoms with Gasteiger partial charge in [0.25, 0.3) is 0 Å². The minimum atomic E-state index is 0.677. The first-order chi connectivity index (χ1) is 18.8. The largest absolute Gasteiger partial charge is 0.247 e. The van der Waals surface area contributed by atoms with Crippen LogP contribution in [0.4, 0.5) is 0 Å². The number of fused-ring (bicyclic) bond motifs is 2. The van der Waals surface area contributed by atoms with E-state index in [0.717, 1.165) is 22.5 Å². The van der Waals surface area contributed by atoms with Crippen LogP contribution in [0, 0.1) is 0 Å². The van der Waals surface area contributed by atoms with Crippen LogP contribution in [0.25, 0.3) is 44.1 Å². The van der Waals surface area contributed by atoms with Gasteiger partial charge in [0.2, 0.25) is 0 Å². The molecule has 0 aliphatic heterocycles. The lowest BCUT2D eigenvalue weighted by Gasteiger charge is -2.04. The highest BCUT2D eigenvalue weighted by Gasteiger charge is 2.09. The third-order valence-corrected chi connectivity index (χ3v) is 6.87. The molecular weight excluding hydrogens is 468 g/mol. The molecule has 6 nitrogen and oxygen atoms in total. The Hall–Kier alpha value is -5.10. The van der Waals surface area contributed by atoms with E-state index in [2.05, 4.69) is 130 Å². The van der Waals surface area contributed by atoms with Gasteiger partial charge in [-0.25, -0.2) is 9.36 Å². The summed E-state index contributed by atoms with van der Waals surface area (Å²) in [4.78, 5) is 0. The summed E-state index contributed by atoms with van der Waals surface area (Å²) >= 11 is 0. The van der Waals surface area contributed by atoms with Crippen molar-refractivity contribution in [1.82, 2.24) is 30.0 Å². The molecule has 2 aromatic heterocycles. The predicted octanol–water partition coefficient (Wildman–Crippen LogP) is 6.61. The van der Waals surface area contributed by atoms with Crippen molar-refractivity contribution in [2.45, 2.75) is 13.1 Å². The summed E-state index contributed by atoms with van der Waals surface area (Å²) in [6.07, 6.45) is 3.98. The van der Waals surface area contributed by atoms with E-state index < -0.39 is 0 Å². The van der Waals surface area contributed by atoms with Crippen LogP contribution in [0.5, 0.6) is 0 Å². The first-order valence-corrected chi connectivity index (χ1v) is 12.6. The molecule has 0 aliphatic rings. The molecule has 0 fully saturated rings. The Labute approximate surface area is 219 Å². The van der Waals surface area contributed by atoms with E-state index in [0.29, 0.717) is 13.1 Å². The van der Waals surface area contributed by atoms with E-state index in [1.807, 2.05) is 21.8 Å². The third kappa shape index (κ3) is 4.44. The first-order valence-electron chi connectivity index (χ1n) is 12.6. The van der Waals surface area contributed by atoms with Crippen molar-refractivity contribution in [1.29, 1.82) is 0 Å². The molecule has 0 bridgehead atoms. The highest BCUT2D eigenvalue weighted by Crippen LogP contribution is 2.23. The number of hydrogen-bond donors (Lipinski definition) is 0. The van der Waals surface area contributed by atoms with Crippen molar-refractivity contribution in [2.24, 2.45) is 0 Å². The number of hydrogen-bond acceptors (Lipinski definition) is 4. The fourth-order valence-electron chi connectivity index (χ4n) is 4.88. The number of rotatable bonds is 6. The molecule has 0 radical (unpaired) electrons. The molecule has 0 spiro atoms. The van der Waals surface area contributed by atoms with Gasteiger partial charge >= 0.3 is 0 Å². The van der Waals surface area contributed by atoms with E-state index in [-0.39, 0.29) is 0 Å². The van der Waals surface area contributed by atoms with Crippen LogP contribution in [-0.2, 0) is 13.1 Å². The van der Waals surface area contributed by atoms with Crippen LogP contribution in [-0.4, -0.2) is 30.0 Å². The zero-order valence-corrected chi connectivity index (χ0v) is 20.6. The maximum absolute atomic E-state index is 4.40. The molecule has 0 N–H and O–H groups in total. The zero-order valence-electron chi connectivity index (χ0n) is 20.6. The van der Waals surface area contributed by atoms with E-state index in [1.165, 1.54) is 32.7 Å². The van der Waals surface area contributed by atoms with Gasteiger partial charge < -0.3 is 0 Å². The van der Waals surface area contributed by atoms with Crippen molar-refractivity contribution in [3.8, 4) is 22.5 Å². The molecule has 2 heterocycles. The third-order valence-electron chi connectivity index (χ3n) is 6.87. The average molecular weight is 493 g/mol. The summed E-state index contributed by atoms with van der Waals surface area (Å²) in [5.41, 5.74) is 6.11. The molecule has 0 saturated heterocycles. The molecule has 0 atom stereocenters. The van der Waals surface area contributed by atoms with Crippen LogP contribution in [0.1, 0.15) is 11.1 Å². The van der Waals surface area contributed by atoms with Crippen molar-refractivity contribution in [3.63, 3.8) is 0 Å². The molecule has 38 heavy (non-hydrogen) atoms. The zero-order chi connectivity index (χ0) is 25.3. The Bertz CT molecular complexity index is 1740. The van der Waals surface area contributed by atoms with Crippen LogP contribution < -0.4 is 0 Å². The second-order valence-corrected chi connectivity index (χ2v) is 9.54. The maximum Gasteiger partial charge on any atom is 0.113 e. The Morgan fingerprint density at radius 3 is 1.32 bits per heavy atom. The highest BCUT2D eigenvalue weighted by atomic mass is 15.4. The SMILES string of the molecule is c1ccc2cc(Cn3cc(-c4ccc(-c5cn(Cc6ccc7ccccc7c6)nn5)cc4)nn3)ccc2c1. The van der Waals surface area contributed by atoms with Gasteiger partial charge in [-0.05, 0) is 44.8 Å². The molecule has 6 heteroatoms. The summed E-state index contributed by atoms with van der Waals surface area (Å²) in [6.45, 7) is 1.35. The molecule has 7 rings (SSSR count). The molecule has 0 unspecified atom stereocenters. The van der Waals surface area contributed by atoms with Crippen molar-refractivity contribution < 1.29 is 0 Å². The maximum atomic E-state index is 4.40. The van der Waals surface area contributed by atoms with Crippen LogP contribution in [0.15, 0.2) is 122 Å². The van der Waals surface area contributed by atoms with Gasteiger partial charge in [0.15, 0.2) is 0 Å². The quantitative estimate of drug-likeness (QED) is 0.262. The normalized spacial score (nSPS) is 11.4. The van der Waals surface area contributed by atoms with Crippen LogP contribution in [0.2, 0.25) is 0 Å². The molecule has 7 aromatic rings. The molecular formula is C32H24N6. The number of nitrogens with zero attached hydrogens (tertiary/aromatic N) is 6. The fourth-order valence-corrected chi connectivity index (χ4v) is 4.88. The van der Waals surface area contributed by atoms with Crippen LogP contribution >= 0.6 is 0 Å². The monoisotopic (exact) mass is 492 g/mol. The molecule has 0 saturated carbocycles. The van der Waals surface area contributed by atoms with Gasteiger partial charge in [0, 0.05) is 11.1 Å². The summed E-state index contributed by atoms with van der Waals surface area (Å²) in [5, 5.41) is 22.4. The van der Waals surface area contributed by atoms with Gasteiger partial charge in [-0.15, -0.1) is 10.2 Å². The number of benzene rings is 5. The highest BCUT2D eigenvalue weighted by molar-refractivity contribution is 5.83. The smallest absolute Gasteiger partial charge is 0.113 e. The second kappa shape index (κ2) is 9.41. The van der Waals surface area contributed by atoms with E-state index >= 15 is 0 Å². The van der Waals surface area contributed by atoms with E-state index in [1.54, 1.807) is 0 Å². The Kier molecular flexibility index (Phi) is 5.48. The topological polar surface area (TPSA) is 61.4 Å². The first kappa shape index (κ1) is 22.1. The van der Waals surface area contributed by atoms with Crippen molar-refractivity contribution in [3.05, 3.63) is 133 Å². The molecule has 0 amide bonds. The average Bonchev–Trinajstić information content (AvgIpc) is 3.63. The van der Waals surface area contributed by atoms with Crippen molar-refractivity contribution >= 4 is 21.5 Å². The lowest BCUT2D eigenvalue weighted by molar-refractivity contribution is 0.650. The second-order valence-electron chi connectivity index (χ2n) is 9.54. The summed E-state index contributed by atoms with van der Waals surface area (Å²) in [5.74, 6) is 0. The minimum absolute atomic E-state index is 0.677. The number of aromatic nitrogens is 6. The van der Waals surface area contributed by atoms with E-state index in [9.17, 15) is 0 Å². The van der Waals surface area contributed by atoms with Gasteiger partial charge in [0.1, 0.15) is 11.4 Å². The minimum Gasteiger partial charge on any atom is -0.247 e.